The predicted octanol–water partition coefficient (Wildman–Crippen LogP) is 2.74. The van der Waals surface area contributed by atoms with Crippen molar-refractivity contribution in [2.45, 2.75) is 32.6 Å². The number of nitrogens with zero attached hydrogens (tertiary/aromatic N) is 4. The zero-order valence-corrected chi connectivity index (χ0v) is 17.1. The highest BCUT2D eigenvalue weighted by Crippen LogP contribution is 2.27. The van der Waals surface area contributed by atoms with Gasteiger partial charge in [-0.3, -0.25) is 4.79 Å². The van der Waals surface area contributed by atoms with Crippen LogP contribution in [0.4, 0.5) is 11.8 Å². The summed E-state index contributed by atoms with van der Waals surface area (Å²) in [4.78, 5) is 27.0. The number of nitrogens with one attached hydrogen (secondary N) is 1. The highest BCUT2D eigenvalue weighted by molar-refractivity contribution is 5.85. The number of likely N-dealkylation sites (tertiary alicyclic amines) is 1. The topological polar surface area (TPSA) is 97.0 Å². The van der Waals surface area contributed by atoms with Crippen molar-refractivity contribution in [3.63, 3.8) is 0 Å². The summed E-state index contributed by atoms with van der Waals surface area (Å²) in [5, 5.41) is 3.19. The van der Waals surface area contributed by atoms with Crippen molar-refractivity contribution < 1.29 is 4.79 Å². The minimum atomic E-state index is 0. The normalized spacial score (nSPS) is 14.1. The number of hydrogen-bond acceptors (Lipinski definition) is 6. The zero-order valence-electron chi connectivity index (χ0n) is 15.5. The highest BCUT2D eigenvalue weighted by atomic mass is 35.5. The molecular weight excluding hydrogens is 387 g/mol. The molecule has 0 bridgehead atoms. The molecule has 0 spiro atoms. The number of nitrogens with two attached hydrogens (primary N) is 1. The number of anilines is 2. The number of amides is 1. The second kappa shape index (κ2) is 10.4. The Morgan fingerprint density at radius 3 is 2.37 bits per heavy atom. The van der Waals surface area contributed by atoms with Gasteiger partial charge in [0, 0.05) is 36.1 Å². The summed E-state index contributed by atoms with van der Waals surface area (Å²) in [5.74, 6) is 1.67. The van der Waals surface area contributed by atoms with Gasteiger partial charge in [-0.15, -0.1) is 24.8 Å². The summed E-state index contributed by atoms with van der Waals surface area (Å²) in [7, 11) is 0. The maximum absolute atomic E-state index is 11.7. The van der Waals surface area contributed by atoms with Crippen LogP contribution in [0.5, 0.6) is 0 Å². The van der Waals surface area contributed by atoms with Crippen molar-refractivity contribution in [2.75, 3.05) is 25.0 Å². The lowest BCUT2D eigenvalue weighted by Gasteiger charge is -2.31. The molecule has 0 atom stereocenters. The van der Waals surface area contributed by atoms with Crippen LogP contribution in [0.25, 0.3) is 0 Å². The first-order valence-electron chi connectivity index (χ1n) is 8.59. The van der Waals surface area contributed by atoms with Gasteiger partial charge >= 0.3 is 0 Å². The van der Waals surface area contributed by atoms with Crippen LogP contribution in [0.2, 0.25) is 0 Å². The van der Waals surface area contributed by atoms with Crippen LogP contribution in [0.1, 0.15) is 35.8 Å². The van der Waals surface area contributed by atoms with Gasteiger partial charge in [-0.1, -0.05) is 6.07 Å². The monoisotopic (exact) mass is 412 g/mol. The Bertz CT molecular complexity index is 745. The molecule has 1 fully saturated rings. The number of aryl methyl sites for hydroxylation is 2. The van der Waals surface area contributed by atoms with Gasteiger partial charge in [0.2, 0.25) is 11.9 Å². The molecule has 3 N–H and O–H groups in total. The third-order valence-electron chi connectivity index (χ3n) is 4.43. The lowest BCUT2D eigenvalue weighted by molar-refractivity contribution is -0.130. The quantitative estimate of drug-likeness (QED) is 0.800. The molecule has 7 nitrogen and oxygen atoms in total. The van der Waals surface area contributed by atoms with E-state index < -0.39 is 0 Å². The zero-order chi connectivity index (χ0) is 17.8. The standard InChI is InChI=1S/C18H24N6O.2ClH/c1-12-10-13(2)21-18(20-12)23-16-5-3-4-15(22-16)14-6-8-24(9-7-14)17(25)11-19;;/h3-5,10,14H,6-9,11,19H2,1-2H3,(H,20,21,22,23);2*1H. The molecule has 0 unspecified atom stereocenters. The van der Waals surface area contributed by atoms with Crippen LogP contribution in [-0.4, -0.2) is 45.4 Å². The first-order valence-corrected chi connectivity index (χ1v) is 8.59. The maximum atomic E-state index is 11.7. The molecule has 3 rings (SSSR count). The number of halogens is 2. The van der Waals surface area contributed by atoms with Crippen LogP contribution in [-0.2, 0) is 4.79 Å². The molecule has 1 amide bonds. The van der Waals surface area contributed by atoms with Gasteiger partial charge in [0.1, 0.15) is 5.82 Å². The molecule has 1 aliphatic rings. The van der Waals surface area contributed by atoms with E-state index in [1.165, 1.54) is 0 Å². The third-order valence-corrected chi connectivity index (χ3v) is 4.43. The third kappa shape index (κ3) is 6.02. The number of piperidine rings is 1. The van der Waals surface area contributed by atoms with Crippen LogP contribution < -0.4 is 11.1 Å². The molecule has 3 heterocycles. The molecule has 2 aromatic rings. The maximum Gasteiger partial charge on any atom is 0.236 e. The van der Waals surface area contributed by atoms with Gasteiger partial charge in [-0.05, 0) is 44.9 Å². The van der Waals surface area contributed by atoms with Gasteiger partial charge in [-0.25, -0.2) is 15.0 Å². The van der Waals surface area contributed by atoms with Crippen molar-refractivity contribution in [3.05, 3.63) is 41.3 Å². The Hall–Kier alpha value is -1.96. The van der Waals surface area contributed by atoms with Crippen molar-refractivity contribution >= 4 is 42.5 Å². The SMILES string of the molecule is Cc1cc(C)nc(Nc2cccc(C3CCN(C(=O)CN)CC3)n2)n1.Cl.Cl. The molecule has 0 radical (unpaired) electrons. The second-order valence-electron chi connectivity index (χ2n) is 6.41. The Morgan fingerprint density at radius 1 is 1.15 bits per heavy atom. The smallest absolute Gasteiger partial charge is 0.236 e. The first-order chi connectivity index (χ1) is 12.0. The summed E-state index contributed by atoms with van der Waals surface area (Å²) in [5.41, 5.74) is 8.31. The van der Waals surface area contributed by atoms with Gasteiger partial charge < -0.3 is 16.0 Å². The summed E-state index contributed by atoms with van der Waals surface area (Å²) >= 11 is 0. The average molecular weight is 413 g/mol. The number of carbonyl (C=O) groups is 1. The summed E-state index contributed by atoms with van der Waals surface area (Å²) in [6.07, 6.45) is 1.81. The Kier molecular flexibility index (Phi) is 8.88. The van der Waals surface area contributed by atoms with E-state index in [9.17, 15) is 4.79 Å². The largest absolute Gasteiger partial charge is 0.342 e. The van der Waals surface area contributed by atoms with Crippen LogP contribution >= 0.6 is 24.8 Å². The lowest BCUT2D eigenvalue weighted by Crippen LogP contribution is -2.41. The highest BCUT2D eigenvalue weighted by Gasteiger charge is 2.24. The van der Waals surface area contributed by atoms with Crippen LogP contribution in [0.15, 0.2) is 24.3 Å². The fourth-order valence-corrected chi connectivity index (χ4v) is 3.20. The minimum Gasteiger partial charge on any atom is -0.342 e. The van der Waals surface area contributed by atoms with E-state index in [-0.39, 0.29) is 37.3 Å². The predicted molar refractivity (Wildman–Crippen MR) is 111 cm³/mol. The fraction of sp³-hybridized carbons (Fsp3) is 0.444. The minimum absolute atomic E-state index is 0. The first kappa shape index (κ1) is 23.1. The van der Waals surface area contributed by atoms with Crippen molar-refractivity contribution in [3.8, 4) is 0 Å². The summed E-state index contributed by atoms with van der Waals surface area (Å²) in [6.45, 7) is 5.44. The van der Waals surface area contributed by atoms with E-state index in [0.717, 1.165) is 48.8 Å². The number of carbonyl (C=O) groups excluding carboxylic acids is 1. The van der Waals surface area contributed by atoms with Crippen molar-refractivity contribution in [1.82, 2.24) is 19.9 Å². The molecule has 0 aliphatic carbocycles. The van der Waals surface area contributed by atoms with E-state index in [1.54, 1.807) is 0 Å². The number of aromatic nitrogens is 3. The molecular formula is C18H26Cl2N6O. The van der Waals surface area contributed by atoms with Crippen LogP contribution in [0.3, 0.4) is 0 Å². The molecule has 2 aromatic heterocycles. The fourth-order valence-electron chi connectivity index (χ4n) is 3.20. The number of hydrogen-bond donors (Lipinski definition) is 2. The molecule has 148 valence electrons. The summed E-state index contributed by atoms with van der Waals surface area (Å²) in [6, 6.07) is 7.88. The number of pyridine rings is 1. The van der Waals surface area contributed by atoms with Crippen molar-refractivity contribution in [2.24, 2.45) is 5.73 Å². The second-order valence-corrected chi connectivity index (χ2v) is 6.41. The molecule has 1 saturated heterocycles. The van der Waals surface area contributed by atoms with E-state index >= 15 is 0 Å². The van der Waals surface area contributed by atoms with Crippen LogP contribution in [0, 0.1) is 13.8 Å². The molecule has 1 aliphatic heterocycles. The van der Waals surface area contributed by atoms with E-state index in [4.69, 9.17) is 10.7 Å². The van der Waals surface area contributed by atoms with Gasteiger partial charge in [-0.2, -0.15) is 0 Å². The Labute approximate surface area is 172 Å². The molecule has 27 heavy (non-hydrogen) atoms. The lowest BCUT2D eigenvalue weighted by atomic mass is 9.93. The number of rotatable bonds is 4. The van der Waals surface area contributed by atoms with Gasteiger partial charge in [0.25, 0.3) is 0 Å². The van der Waals surface area contributed by atoms with Gasteiger partial charge in [0.05, 0.1) is 6.54 Å². The van der Waals surface area contributed by atoms with E-state index in [0.29, 0.717) is 11.9 Å². The molecule has 0 aromatic carbocycles. The van der Waals surface area contributed by atoms with E-state index in [2.05, 4.69) is 15.3 Å². The molecule has 9 heteroatoms. The molecule has 0 saturated carbocycles. The Balaban J connectivity index is 0.00000182. The Morgan fingerprint density at radius 2 is 1.78 bits per heavy atom. The summed E-state index contributed by atoms with van der Waals surface area (Å²) < 4.78 is 0. The average Bonchev–Trinajstić information content (AvgIpc) is 2.60. The van der Waals surface area contributed by atoms with Gasteiger partial charge in [0.15, 0.2) is 0 Å². The van der Waals surface area contributed by atoms with E-state index in [1.807, 2.05) is 43.0 Å². The van der Waals surface area contributed by atoms with Crippen molar-refractivity contribution in [1.29, 1.82) is 0 Å².